The fourth-order valence-electron chi connectivity index (χ4n) is 3.06. The highest BCUT2D eigenvalue weighted by molar-refractivity contribution is 14.0. The molecule has 0 amide bonds. The molecule has 0 bridgehead atoms. The van der Waals surface area contributed by atoms with Gasteiger partial charge in [-0.3, -0.25) is 0 Å². The first-order valence-corrected chi connectivity index (χ1v) is 10.1. The summed E-state index contributed by atoms with van der Waals surface area (Å²) in [5.74, 6) is 1.95. The molecule has 0 saturated carbocycles. The Morgan fingerprint density at radius 1 is 1.30 bits per heavy atom. The fourth-order valence-corrected chi connectivity index (χ4v) is 3.92. The van der Waals surface area contributed by atoms with Gasteiger partial charge in [0, 0.05) is 36.8 Å². The average Bonchev–Trinajstić information content (AvgIpc) is 2.99. The number of thiazole rings is 1. The van der Waals surface area contributed by atoms with E-state index >= 15 is 0 Å². The summed E-state index contributed by atoms with van der Waals surface area (Å²) in [5, 5.41) is 8.01. The molecule has 0 atom stereocenters. The second-order valence-corrected chi connectivity index (χ2v) is 7.83. The SMILES string of the molecule is CCNC(=NCc1nc(C)c(C)s1)NC1CCN(c2ccccn2)CC1.I. The Balaban J connectivity index is 0.00000261. The molecule has 0 aliphatic carbocycles. The molecular formula is C19H29IN6S. The van der Waals surface area contributed by atoms with Crippen LogP contribution in [-0.4, -0.2) is 41.6 Å². The van der Waals surface area contributed by atoms with E-state index < -0.39 is 0 Å². The zero-order valence-electron chi connectivity index (χ0n) is 16.2. The Hall–Kier alpha value is -1.42. The minimum Gasteiger partial charge on any atom is -0.357 e. The molecule has 6 nitrogen and oxygen atoms in total. The third-order valence-corrected chi connectivity index (χ3v) is 5.66. The van der Waals surface area contributed by atoms with E-state index in [2.05, 4.69) is 52.3 Å². The lowest BCUT2D eigenvalue weighted by atomic mass is 10.1. The fraction of sp³-hybridized carbons (Fsp3) is 0.526. The number of guanidine groups is 1. The number of nitrogens with zero attached hydrogens (tertiary/aromatic N) is 4. The average molecular weight is 500 g/mol. The zero-order valence-corrected chi connectivity index (χ0v) is 19.4. The van der Waals surface area contributed by atoms with E-state index in [0.29, 0.717) is 12.6 Å². The summed E-state index contributed by atoms with van der Waals surface area (Å²) in [4.78, 5) is 17.4. The van der Waals surface area contributed by atoms with Crippen molar-refractivity contribution in [2.24, 2.45) is 4.99 Å². The van der Waals surface area contributed by atoms with Crippen molar-refractivity contribution in [3.63, 3.8) is 0 Å². The Bertz CT molecular complexity index is 706. The van der Waals surface area contributed by atoms with Gasteiger partial charge in [-0.15, -0.1) is 35.3 Å². The first-order chi connectivity index (χ1) is 12.7. The van der Waals surface area contributed by atoms with Gasteiger partial charge in [0.15, 0.2) is 5.96 Å². The van der Waals surface area contributed by atoms with Gasteiger partial charge >= 0.3 is 0 Å². The highest BCUT2D eigenvalue weighted by Gasteiger charge is 2.20. The molecule has 1 aliphatic heterocycles. The van der Waals surface area contributed by atoms with Crippen LogP contribution in [0.25, 0.3) is 0 Å². The Morgan fingerprint density at radius 3 is 2.67 bits per heavy atom. The smallest absolute Gasteiger partial charge is 0.191 e. The maximum absolute atomic E-state index is 4.73. The Kier molecular flexibility index (Phi) is 8.75. The van der Waals surface area contributed by atoms with Gasteiger partial charge in [-0.25, -0.2) is 15.0 Å². The number of nitrogens with one attached hydrogen (secondary N) is 2. The lowest BCUT2D eigenvalue weighted by Crippen LogP contribution is -2.48. The number of hydrogen-bond acceptors (Lipinski definition) is 5. The molecule has 2 aromatic heterocycles. The lowest BCUT2D eigenvalue weighted by Gasteiger charge is -2.33. The quantitative estimate of drug-likeness (QED) is 0.374. The molecule has 8 heteroatoms. The maximum atomic E-state index is 4.73. The van der Waals surface area contributed by atoms with Crippen LogP contribution < -0.4 is 15.5 Å². The van der Waals surface area contributed by atoms with Gasteiger partial charge in [0.2, 0.25) is 0 Å². The molecule has 0 unspecified atom stereocenters. The van der Waals surface area contributed by atoms with Gasteiger partial charge in [0.25, 0.3) is 0 Å². The van der Waals surface area contributed by atoms with Gasteiger partial charge < -0.3 is 15.5 Å². The Labute approximate surface area is 182 Å². The van der Waals surface area contributed by atoms with Crippen LogP contribution in [0.4, 0.5) is 5.82 Å². The predicted octanol–water partition coefficient (Wildman–Crippen LogP) is 3.50. The van der Waals surface area contributed by atoms with Crippen molar-refractivity contribution >= 4 is 47.1 Å². The van der Waals surface area contributed by atoms with Crippen LogP contribution in [0.1, 0.15) is 35.3 Å². The summed E-state index contributed by atoms with van der Waals surface area (Å²) in [5.41, 5.74) is 1.11. The van der Waals surface area contributed by atoms with Crippen LogP contribution in [0.2, 0.25) is 0 Å². The maximum Gasteiger partial charge on any atom is 0.191 e. The van der Waals surface area contributed by atoms with Crippen molar-refractivity contribution in [3.8, 4) is 0 Å². The molecule has 0 spiro atoms. The van der Waals surface area contributed by atoms with Gasteiger partial charge in [-0.2, -0.15) is 0 Å². The van der Waals surface area contributed by atoms with E-state index in [9.17, 15) is 0 Å². The molecule has 1 aliphatic rings. The first-order valence-electron chi connectivity index (χ1n) is 9.29. The van der Waals surface area contributed by atoms with E-state index in [0.717, 1.165) is 55.0 Å². The number of pyridine rings is 1. The number of aryl methyl sites for hydroxylation is 2. The normalized spacial score (nSPS) is 15.4. The van der Waals surface area contributed by atoms with Crippen LogP contribution in [-0.2, 0) is 6.54 Å². The van der Waals surface area contributed by atoms with Crippen molar-refractivity contribution in [2.75, 3.05) is 24.5 Å². The number of piperidine rings is 1. The summed E-state index contributed by atoms with van der Waals surface area (Å²) in [7, 11) is 0. The van der Waals surface area contributed by atoms with E-state index in [1.54, 1.807) is 11.3 Å². The number of aromatic nitrogens is 2. The van der Waals surface area contributed by atoms with E-state index in [-0.39, 0.29) is 24.0 Å². The molecule has 0 radical (unpaired) electrons. The van der Waals surface area contributed by atoms with E-state index in [1.165, 1.54) is 4.88 Å². The molecule has 148 valence electrons. The monoisotopic (exact) mass is 500 g/mol. The minimum absolute atomic E-state index is 0. The molecule has 0 aromatic carbocycles. The van der Waals surface area contributed by atoms with Crippen molar-refractivity contribution in [1.29, 1.82) is 0 Å². The third kappa shape index (κ3) is 6.31. The molecule has 3 heterocycles. The second kappa shape index (κ2) is 10.8. The largest absolute Gasteiger partial charge is 0.357 e. The van der Waals surface area contributed by atoms with Crippen molar-refractivity contribution in [3.05, 3.63) is 40.0 Å². The number of rotatable bonds is 5. The van der Waals surface area contributed by atoms with Gasteiger partial charge in [-0.1, -0.05) is 6.07 Å². The third-order valence-electron chi connectivity index (χ3n) is 4.60. The Morgan fingerprint density at radius 2 is 2.07 bits per heavy atom. The topological polar surface area (TPSA) is 65.4 Å². The number of aliphatic imine (C=N–C) groups is 1. The minimum atomic E-state index is 0. The summed E-state index contributed by atoms with van der Waals surface area (Å²) in [6.45, 7) is 9.77. The highest BCUT2D eigenvalue weighted by atomic mass is 127. The van der Waals surface area contributed by atoms with Crippen LogP contribution in [0.5, 0.6) is 0 Å². The summed E-state index contributed by atoms with van der Waals surface area (Å²) < 4.78 is 0. The van der Waals surface area contributed by atoms with Crippen molar-refractivity contribution < 1.29 is 0 Å². The zero-order chi connectivity index (χ0) is 18.4. The molecular weight excluding hydrogens is 471 g/mol. The van der Waals surface area contributed by atoms with E-state index in [1.807, 2.05) is 18.3 Å². The van der Waals surface area contributed by atoms with Crippen molar-refractivity contribution in [1.82, 2.24) is 20.6 Å². The molecule has 2 aromatic rings. The summed E-state index contributed by atoms with van der Waals surface area (Å²) in [6.07, 6.45) is 4.02. The number of anilines is 1. The first kappa shape index (κ1) is 21.9. The number of halogens is 1. The predicted molar refractivity (Wildman–Crippen MR) is 124 cm³/mol. The molecule has 1 saturated heterocycles. The van der Waals surface area contributed by atoms with Crippen LogP contribution in [0, 0.1) is 13.8 Å². The standard InChI is InChI=1S/C19H28N6S.HI/c1-4-20-19(22-13-18-23-14(2)15(3)26-18)24-16-8-11-25(12-9-16)17-7-5-6-10-21-17;/h5-7,10,16H,4,8-9,11-13H2,1-3H3,(H2,20,22,24);1H. The molecule has 27 heavy (non-hydrogen) atoms. The van der Waals surface area contributed by atoms with Gasteiger partial charge in [0.05, 0.1) is 12.2 Å². The second-order valence-electron chi connectivity index (χ2n) is 6.54. The van der Waals surface area contributed by atoms with E-state index in [4.69, 9.17) is 4.99 Å². The van der Waals surface area contributed by atoms with Gasteiger partial charge in [-0.05, 0) is 45.7 Å². The summed E-state index contributed by atoms with van der Waals surface area (Å²) in [6, 6.07) is 6.53. The lowest BCUT2D eigenvalue weighted by molar-refractivity contribution is 0.459. The van der Waals surface area contributed by atoms with Crippen LogP contribution in [0.15, 0.2) is 29.4 Å². The molecule has 3 rings (SSSR count). The molecule has 2 N–H and O–H groups in total. The molecule has 1 fully saturated rings. The summed E-state index contributed by atoms with van der Waals surface area (Å²) >= 11 is 1.73. The van der Waals surface area contributed by atoms with Crippen LogP contribution >= 0.6 is 35.3 Å². The highest BCUT2D eigenvalue weighted by Crippen LogP contribution is 2.18. The van der Waals surface area contributed by atoms with Crippen LogP contribution in [0.3, 0.4) is 0 Å². The number of hydrogen-bond donors (Lipinski definition) is 2. The van der Waals surface area contributed by atoms with Crippen molar-refractivity contribution in [2.45, 2.75) is 46.2 Å². The van der Waals surface area contributed by atoms with Gasteiger partial charge in [0.1, 0.15) is 10.8 Å².